The summed E-state index contributed by atoms with van der Waals surface area (Å²) in [5.74, 6) is -1.97. The maximum atomic E-state index is 13.3. The van der Waals surface area contributed by atoms with E-state index in [9.17, 15) is 19.8 Å². The molecule has 1 aliphatic rings. The summed E-state index contributed by atoms with van der Waals surface area (Å²) in [6.45, 7) is 0.570. The van der Waals surface area contributed by atoms with Crippen molar-refractivity contribution in [3.63, 3.8) is 0 Å². The van der Waals surface area contributed by atoms with Gasteiger partial charge >= 0.3 is 5.97 Å². The number of carboxylic acids is 1. The average molecular weight is 339 g/mol. The summed E-state index contributed by atoms with van der Waals surface area (Å²) in [6, 6.07) is 17.6. The minimum atomic E-state index is -1.83. The lowest BCUT2D eigenvalue weighted by atomic mass is 9.84. The van der Waals surface area contributed by atoms with Crippen LogP contribution in [-0.4, -0.2) is 40.1 Å². The Labute approximate surface area is 146 Å². The Morgan fingerprint density at radius 2 is 1.48 bits per heavy atom. The summed E-state index contributed by atoms with van der Waals surface area (Å²) >= 11 is 0. The monoisotopic (exact) mass is 339 g/mol. The Morgan fingerprint density at radius 1 is 0.960 bits per heavy atom. The zero-order valence-corrected chi connectivity index (χ0v) is 13.8. The molecule has 1 atom stereocenters. The molecule has 2 aromatic carbocycles. The SMILES string of the molecule is O=C(O)C1CCCN(C(=O)C(O)(c2ccccc2)c2ccccc2)C1. The van der Waals surface area contributed by atoms with Gasteiger partial charge in [0.05, 0.1) is 5.92 Å². The number of aliphatic hydroxyl groups is 1. The standard InChI is InChI=1S/C20H21NO4/c22-18(23)15-8-7-13-21(14-15)19(24)20(25,16-9-3-1-4-10-16)17-11-5-2-6-12-17/h1-6,9-12,15,25H,7-8,13-14H2,(H,22,23). The Morgan fingerprint density at radius 3 is 1.96 bits per heavy atom. The van der Waals surface area contributed by atoms with Gasteiger partial charge in [-0.05, 0) is 24.0 Å². The lowest BCUT2D eigenvalue weighted by Crippen LogP contribution is -2.52. The van der Waals surface area contributed by atoms with Crippen LogP contribution in [0.5, 0.6) is 0 Å². The second kappa shape index (κ2) is 7.07. The van der Waals surface area contributed by atoms with E-state index in [2.05, 4.69) is 0 Å². The van der Waals surface area contributed by atoms with E-state index in [0.29, 0.717) is 30.5 Å². The van der Waals surface area contributed by atoms with Crippen LogP contribution < -0.4 is 0 Å². The highest BCUT2D eigenvalue weighted by molar-refractivity contribution is 5.90. The Balaban J connectivity index is 2.00. The first-order valence-electron chi connectivity index (χ1n) is 8.39. The maximum absolute atomic E-state index is 13.3. The highest BCUT2D eigenvalue weighted by Crippen LogP contribution is 2.33. The first-order chi connectivity index (χ1) is 12.0. The molecular weight excluding hydrogens is 318 g/mol. The molecule has 1 fully saturated rings. The number of benzene rings is 2. The zero-order chi connectivity index (χ0) is 17.9. The molecule has 0 aliphatic carbocycles. The van der Waals surface area contributed by atoms with Crippen molar-refractivity contribution in [2.24, 2.45) is 5.92 Å². The van der Waals surface area contributed by atoms with Crippen LogP contribution in [0.4, 0.5) is 0 Å². The van der Waals surface area contributed by atoms with E-state index in [-0.39, 0.29) is 6.54 Å². The predicted molar refractivity (Wildman–Crippen MR) is 92.8 cm³/mol. The molecular formula is C20H21NO4. The van der Waals surface area contributed by atoms with Crippen molar-refractivity contribution < 1.29 is 19.8 Å². The van der Waals surface area contributed by atoms with Crippen molar-refractivity contribution in [3.8, 4) is 0 Å². The molecule has 2 N–H and O–H groups in total. The Kier molecular flexibility index (Phi) is 4.86. The number of hydrogen-bond donors (Lipinski definition) is 2. The number of likely N-dealkylation sites (tertiary alicyclic amines) is 1. The van der Waals surface area contributed by atoms with Crippen molar-refractivity contribution in [2.75, 3.05) is 13.1 Å². The molecule has 0 bridgehead atoms. The number of amides is 1. The summed E-state index contributed by atoms with van der Waals surface area (Å²) < 4.78 is 0. The molecule has 0 aromatic heterocycles. The highest BCUT2D eigenvalue weighted by Gasteiger charge is 2.44. The number of hydrogen-bond acceptors (Lipinski definition) is 3. The van der Waals surface area contributed by atoms with Crippen LogP contribution in [0.1, 0.15) is 24.0 Å². The number of aliphatic carboxylic acids is 1. The van der Waals surface area contributed by atoms with Gasteiger partial charge in [-0.3, -0.25) is 9.59 Å². The van der Waals surface area contributed by atoms with Gasteiger partial charge in [-0.2, -0.15) is 0 Å². The fourth-order valence-electron chi connectivity index (χ4n) is 3.36. The molecule has 2 aromatic rings. The van der Waals surface area contributed by atoms with E-state index in [1.165, 1.54) is 4.90 Å². The molecule has 0 spiro atoms. The van der Waals surface area contributed by atoms with Gasteiger partial charge in [0.2, 0.25) is 0 Å². The number of carboxylic acid groups (broad SMARTS) is 1. The molecule has 130 valence electrons. The van der Waals surface area contributed by atoms with Crippen LogP contribution in [-0.2, 0) is 15.2 Å². The number of nitrogens with zero attached hydrogens (tertiary/aromatic N) is 1. The highest BCUT2D eigenvalue weighted by atomic mass is 16.4. The van der Waals surface area contributed by atoms with Gasteiger partial charge in [0.15, 0.2) is 5.60 Å². The van der Waals surface area contributed by atoms with Crippen molar-refractivity contribution in [1.29, 1.82) is 0 Å². The number of carbonyl (C=O) groups excluding carboxylic acids is 1. The minimum Gasteiger partial charge on any atom is -0.481 e. The summed E-state index contributed by atoms with van der Waals surface area (Å²) in [7, 11) is 0. The van der Waals surface area contributed by atoms with Crippen LogP contribution in [0.3, 0.4) is 0 Å². The third-order valence-corrected chi connectivity index (χ3v) is 4.75. The molecule has 1 amide bonds. The van der Waals surface area contributed by atoms with E-state index in [0.717, 1.165) is 0 Å². The third-order valence-electron chi connectivity index (χ3n) is 4.75. The fraction of sp³-hybridized carbons (Fsp3) is 0.300. The summed E-state index contributed by atoms with van der Waals surface area (Å²) in [6.07, 6.45) is 1.16. The van der Waals surface area contributed by atoms with Gasteiger partial charge in [0.25, 0.3) is 5.91 Å². The number of rotatable bonds is 4. The van der Waals surface area contributed by atoms with Crippen molar-refractivity contribution >= 4 is 11.9 Å². The minimum absolute atomic E-state index is 0.121. The smallest absolute Gasteiger partial charge is 0.308 e. The van der Waals surface area contributed by atoms with Gasteiger partial charge < -0.3 is 15.1 Å². The molecule has 5 heteroatoms. The van der Waals surface area contributed by atoms with E-state index in [1.807, 2.05) is 12.1 Å². The molecule has 1 unspecified atom stereocenters. The first kappa shape index (κ1) is 17.2. The lowest BCUT2D eigenvalue weighted by molar-refractivity contribution is -0.153. The van der Waals surface area contributed by atoms with Crippen molar-refractivity contribution in [1.82, 2.24) is 4.90 Å². The molecule has 0 saturated carbocycles. The van der Waals surface area contributed by atoms with Gasteiger partial charge in [0, 0.05) is 13.1 Å². The fourth-order valence-corrected chi connectivity index (χ4v) is 3.36. The van der Waals surface area contributed by atoms with Crippen LogP contribution >= 0.6 is 0 Å². The zero-order valence-electron chi connectivity index (χ0n) is 13.8. The van der Waals surface area contributed by atoms with E-state index < -0.39 is 23.4 Å². The first-order valence-corrected chi connectivity index (χ1v) is 8.39. The molecule has 5 nitrogen and oxygen atoms in total. The van der Waals surface area contributed by atoms with Crippen molar-refractivity contribution in [3.05, 3.63) is 71.8 Å². The third kappa shape index (κ3) is 3.28. The van der Waals surface area contributed by atoms with Crippen molar-refractivity contribution in [2.45, 2.75) is 18.4 Å². The summed E-state index contributed by atoms with van der Waals surface area (Å²) in [5.41, 5.74) is -0.879. The van der Waals surface area contributed by atoms with E-state index in [4.69, 9.17) is 0 Å². The average Bonchev–Trinajstić information content (AvgIpc) is 2.68. The molecule has 1 saturated heterocycles. The van der Waals surface area contributed by atoms with Gasteiger partial charge in [-0.15, -0.1) is 0 Å². The Hall–Kier alpha value is -2.66. The molecule has 3 rings (SSSR count). The van der Waals surface area contributed by atoms with Gasteiger partial charge in [-0.1, -0.05) is 60.7 Å². The molecule has 1 aliphatic heterocycles. The second-order valence-corrected chi connectivity index (χ2v) is 6.37. The second-order valence-electron chi connectivity index (χ2n) is 6.37. The molecule has 0 radical (unpaired) electrons. The molecule has 25 heavy (non-hydrogen) atoms. The van der Waals surface area contributed by atoms with Gasteiger partial charge in [-0.25, -0.2) is 0 Å². The van der Waals surface area contributed by atoms with Gasteiger partial charge in [0.1, 0.15) is 0 Å². The summed E-state index contributed by atoms with van der Waals surface area (Å²) in [5, 5.41) is 20.7. The number of piperidine rings is 1. The lowest BCUT2D eigenvalue weighted by Gasteiger charge is -2.37. The van der Waals surface area contributed by atoms with Crippen LogP contribution in [0, 0.1) is 5.92 Å². The van der Waals surface area contributed by atoms with Crippen LogP contribution in [0.25, 0.3) is 0 Å². The normalized spacial score (nSPS) is 18.0. The quantitative estimate of drug-likeness (QED) is 0.895. The largest absolute Gasteiger partial charge is 0.481 e. The van der Waals surface area contributed by atoms with Crippen LogP contribution in [0.15, 0.2) is 60.7 Å². The maximum Gasteiger partial charge on any atom is 0.308 e. The Bertz CT molecular complexity index is 705. The van der Waals surface area contributed by atoms with Crippen LogP contribution in [0.2, 0.25) is 0 Å². The number of carbonyl (C=O) groups is 2. The molecule has 1 heterocycles. The predicted octanol–water partition coefficient (Wildman–Crippen LogP) is 2.25. The van der Waals surface area contributed by atoms with E-state index >= 15 is 0 Å². The van der Waals surface area contributed by atoms with E-state index in [1.54, 1.807) is 48.5 Å². The topological polar surface area (TPSA) is 77.8 Å². The summed E-state index contributed by atoms with van der Waals surface area (Å²) in [4.78, 5) is 26.1.